The molecule has 0 radical (unpaired) electrons. The van der Waals surface area contributed by atoms with Crippen molar-refractivity contribution in [3.05, 3.63) is 23.9 Å². The Kier molecular flexibility index (Phi) is 5.63. The fraction of sp³-hybridized carbons (Fsp3) is 0.444. The number of hydrogen-bond acceptors (Lipinski definition) is 3. The molecule has 1 atom stereocenters. The maximum absolute atomic E-state index is 10.4. The summed E-state index contributed by atoms with van der Waals surface area (Å²) in [6.07, 6.45) is 4.21. The number of ether oxygens (including phenoxy) is 1. The van der Waals surface area contributed by atoms with Gasteiger partial charge in [-0.3, -0.25) is 0 Å². The number of nitrogens with one attached hydrogen (secondary N) is 1. The van der Waals surface area contributed by atoms with Crippen LogP contribution in [0.25, 0.3) is 0 Å². The first-order valence-electron chi connectivity index (χ1n) is 4.14. The molecule has 1 aliphatic rings. The highest BCUT2D eigenvalue weighted by atomic mass is 16.5. The topological polar surface area (TPSA) is 58.6 Å². The van der Waals surface area contributed by atoms with Gasteiger partial charge in [0.1, 0.15) is 6.23 Å². The molecular formula is C9H15NO3. The van der Waals surface area contributed by atoms with Gasteiger partial charge in [-0.2, -0.15) is 0 Å². The average Bonchev–Trinajstić information content (AvgIpc) is 2.21. The van der Waals surface area contributed by atoms with Gasteiger partial charge >= 0.3 is 5.97 Å². The number of methoxy groups -OCH3 is 1. The Bertz CT molecular complexity index is 221. The fourth-order valence-corrected chi connectivity index (χ4v) is 0.778. The molecular weight excluding hydrogens is 170 g/mol. The van der Waals surface area contributed by atoms with Crippen molar-refractivity contribution >= 4 is 5.97 Å². The van der Waals surface area contributed by atoms with E-state index in [4.69, 9.17) is 9.84 Å². The van der Waals surface area contributed by atoms with Crippen molar-refractivity contribution in [2.24, 2.45) is 0 Å². The van der Waals surface area contributed by atoms with Crippen LogP contribution < -0.4 is 5.32 Å². The molecule has 1 heterocycles. The second kappa shape index (κ2) is 6.25. The van der Waals surface area contributed by atoms with E-state index >= 15 is 0 Å². The summed E-state index contributed by atoms with van der Waals surface area (Å²) in [5.74, 6) is -0.940. The average molecular weight is 185 g/mol. The molecule has 0 saturated heterocycles. The predicted molar refractivity (Wildman–Crippen MR) is 50.1 cm³/mol. The van der Waals surface area contributed by atoms with Crippen molar-refractivity contribution in [2.75, 3.05) is 7.11 Å². The van der Waals surface area contributed by atoms with Crippen LogP contribution in [0.15, 0.2) is 23.9 Å². The highest BCUT2D eigenvalue weighted by Crippen LogP contribution is 2.04. The minimum atomic E-state index is -0.940. The largest absolute Gasteiger partial charge is 0.478 e. The Labute approximate surface area is 77.9 Å². The van der Waals surface area contributed by atoms with Crippen LogP contribution in [-0.2, 0) is 9.53 Å². The summed E-state index contributed by atoms with van der Waals surface area (Å²) in [5.41, 5.74) is 0.246. The second-order valence-electron chi connectivity index (χ2n) is 2.08. The zero-order valence-corrected chi connectivity index (χ0v) is 8.07. The number of dihydropyridines is 1. The monoisotopic (exact) mass is 185 g/mol. The number of rotatable bonds is 2. The van der Waals surface area contributed by atoms with Gasteiger partial charge < -0.3 is 15.2 Å². The van der Waals surface area contributed by atoms with E-state index in [1.807, 2.05) is 13.8 Å². The standard InChI is InChI=1S/C7H9NO3.C2H6/c1-11-6-4-5(7(9)10)2-3-8-6;1-2/h2-4,6,8H,1H3,(H,9,10);1-2H3. The molecule has 4 heteroatoms. The highest BCUT2D eigenvalue weighted by molar-refractivity contribution is 5.90. The van der Waals surface area contributed by atoms with Gasteiger partial charge in [-0.25, -0.2) is 4.79 Å². The molecule has 2 N–H and O–H groups in total. The number of aliphatic carboxylic acids is 1. The first-order chi connectivity index (χ1) is 6.24. The van der Waals surface area contributed by atoms with Gasteiger partial charge in [-0.1, -0.05) is 13.8 Å². The summed E-state index contributed by atoms with van der Waals surface area (Å²) < 4.78 is 4.87. The lowest BCUT2D eigenvalue weighted by Crippen LogP contribution is -2.27. The lowest BCUT2D eigenvalue weighted by molar-refractivity contribution is -0.132. The van der Waals surface area contributed by atoms with E-state index in [1.54, 1.807) is 6.20 Å². The van der Waals surface area contributed by atoms with Gasteiger partial charge in [0.05, 0.1) is 5.57 Å². The van der Waals surface area contributed by atoms with E-state index in [1.165, 1.54) is 19.3 Å². The van der Waals surface area contributed by atoms with Crippen LogP contribution >= 0.6 is 0 Å². The van der Waals surface area contributed by atoms with Gasteiger partial charge in [-0.05, 0) is 18.4 Å². The van der Waals surface area contributed by atoms with E-state index < -0.39 is 5.97 Å². The Morgan fingerprint density at radius 2 is 2.23 bits per heavy atom. The van der Waals surface area contributed by atoms with Crippen LogP contribution in [0.4, 0.5) is 0 Å². The summed E-state index contributed by atoms with van der Waals surface area (Å²) in [6, 6.07) is 0. The molecule has 0 aromatic carbocycles. The van der Waals surface area contributed by atoms with Gasteiger partial charge in [-0.15, -0.1) is 0 Å². The smallest absolute Gasteiger partial charge is 0.335 e. The molecule has 1 unspecified atom stereocenters. The molecule has 0 fully saturated rings. The molecule has 1 aliphatic heterocycles. The number of carboxylic acids is 1. The molecule has 0 bridgehead atoms. The number of carboxylic acid groups (broad SMARTS) is 1. The van der Waals surface area contributed by atoms with Crippen LogP contribution in [0.5, 0.6) is 0 Å². The van der Waals surface area contributed by atoms with Crippen molar-refractivity contribution in [3.8, 4) is 0 Å². The lowest BCUT2D eigenvalue weighted by atomic mass is 10.2. The number of carbonyl (C=O) groups is 1. The van der Waals surface area contributed by atoms with Gasteiger partial charge in [0, 0.05) is 7.11 Å². The Balaban J connectivity index is 0.000000671. The minimum Gasteiger partial charge on any atom is -0.478 e. The van der Waals surface area contributed by atoms with Gasteiger partial charge in [0.15, 0.2) is 0 Å². The number of hydrogen-bond donors (Lipinski definition) is 2. The minimum absolute atomic E-state index is 0.246. The van der Waals surface area contributed by atoms with Crippen molar-refractivity contribution in [3.63, 3.8) is 0 Å². The zero-order valence-electron chi connectivity index (χ0n) is 8.07. The third-order valence-electron chi connectivity index (χ3n) is 1.36. The summed E-state index contributed by atoms with van der Waals surface area (Å²) in [5, 5.41) is 11.4. The van der Waals surface area contributed by atoms with Crippen molar-refractivity contribution in [2.45, 2.75) is 20.1 Å². The summed E-state index contributed by atoms with van der Waals surface area (Å²) in [7, 11) is 1.51. The van der Waals surface area contributed by atoms with E-state index in [-0.39, 0.29) is 11.8 Å². The highest BCUT2D eigenvalue weighted by Gasteiger charge is 2.11. The van der Waals surface area contributed by atoms with Crippen LogP contribution in [0.2, 0.25) is 0 Å². The Morgan fingerprint density at radius 3 is 2.69 bits per heavy atom. The molecule has 1 rings (SSSR count). The van der Waals surface area contributed by atoms with Crippen LogP contribution in [0.3, 0.4) is 0 Å². The molecule has 4 nitrogen and oxygen atoms in total. The summed E-state index contributed by atoms with van der Waals surface area (Å²) >= 11 is 0. The maximum atomic E-state index is 10.4. The third-order valence-corrected chi connectivity index (χ3v) is 1.36. The van der Waals surface area contributed by atoms with E-state index in [0.29, 0.717) is 0 Å². The Morgan fingerprint density at radius 1 is 1.62 bits per heavy atom. The molecule has 0 spiro atoms. The van der Waals surface area contributed by atoms with Crippen LogP contribution in [-0.4, -0.2) is 24.4 Å². The van der Waals surface area contributed by atoms with Crippen molar-refractivity contribution in [1.29, 1.82) is 0 Å². The summed E-state index contributed by atoms with van der Waals surface area (Å²) in [4.78, 5) is 10.4. The quantitative estimate of drug-likeness (QED) is 0.676. The maximum Gasteiger partial charge on any atom is 0.335 e. The predicted octanol–water partition coefficient (Wildman–Crippen LogP) is 1.11. The molecule has 74 valence electrons. The van der Waals surface area contributed by atoms with E-state index in [2.05, 4.69) is 5.32 Å². The van der Waals surface area contributed by atoms with E-state index in [0.717, 1.165) is 0 Å². The Hall–Kier alpha value is -1.29. The summed E-state index contributed by atoms with van der Waals surface area (Å²) in [6.45, 7) is 4.00. The van der Waals surface area contributed by atoms with Gasteiger partial charge in [0.25, 0.3) is 0 Å². The fourth-order valence-electron chi connectivity index (χ4n) is 0.778. The molecule has 0 amide bonds. The molecule has 13 heavy (non-hydrogen) atoms. The molecule has 0 saturated carbocycles. The van der Waals surface area contributed by atoms with Crippen molar-refractivity contribution < 1.29 is 14.6 Å². The zero-order chi connectivity index (χ0) is 10.3. The van der Waals surface area contributed by atoms with Crippen LogP contribution in [0.1, 0.15) is 13.8 Å². The molecule has 0 aliphatic carbocycles. The van der Waals surface area contributed by atoms with Crippen LogP contribution in [0, 0.1) is 0 Å². The second-order valence-corrected chi connectivity index (χ2v) is 2.08. The normalized spacial score (nSPS) is 19.3. The van der Waals surface area contributed by atoms with Gasteiger partial charge in [0.2, 0.25) is 0 Å². The first-order valence-corrected chi connectivity index (χ1v) is 4.14. The van der Waals surface area contributed by atoms with E-state index in [9.17, 15) is 4.79 Å². The third kappa shape index (κ3) is 3.75. The first kappa shape index (κ1) is 11.7. The molecule has 0 aromatic heterocycles. The lowest BCUT2D eigenvalue weighted by Gasteiger charge is -2.15. The van der Waals surface area contributed by atoms with Crippen molar-refractivity contribution in [1.82, 2.24) is 5.32 Å². The molecule has 0 aromatic rings. The SMILES string of the molecule is CC.COC1C=C(C(=O)O)C=CN1.